The first-order valence-corrected chi connectivity index (χ1v) is 8.97. The van der Waals surface area contributed by atoms with E-state index in [-0.39, 0.29) is 11.8 Å². The first-order valence-electron chi connectivity index (χ1n) is 8.97. The number of aromatic nitrogens is 4. The highest BCUT2D eigenvalue weighted by molar-refractivity contribution is 5.93. The summed E-state index contributed by atoms with van der Waals surface area (Å²) >= 11 is 0. The molecule has 24 heavy (non-hydrogen) atoms. The van der Waals surface area contributed by atoms with Crippen LogP contribution in [0.4, 0.5) is 5.69 Å². The number of fused-ring (bicyclic) bond motifs is 2. The van der Waals surface area contributed by atoms with E-state index in [1.165, 1.54) is 19.3 Å². The minimum absolute atomic E-state index is 0.192. The first-order chi connectivity index (χ1) is 11.8. The van der Waals surface area contributed by atoms with Gasteiger partial charge in [-0.05, 0) is 78.6 Å². The molecule has 3 saturated carbocycles. The topological polar surface area (TPSA) is 72.7 Å². The number of nitrogens with zero attached hydrogens (tertiary/aromatic N) is 4. The monoisotopic (exact) mass is 323 g/mol. The van der Waals surface area contributed by atoms with Gasteiger partial charge in [-0.3, -0.25) is 4.79 Å². The van der Waals surface area contributed by atoms with Gasteiger partial charge in [0.1, 0.15) is 0 Å². The Balaban J connectivity index is 1.30. The summed E-state index contributed by atoms with van der Waals surface area (Å²) in [6.07, 6.45) is 7.17. The Morgan fingerprint density at radius 3 is 2.58 bits per heavy atom. The lowest BCUT2D eigenvalue weighted by molar-refractivity contribution is -0.121. The number of anilines is 1. The maximum atomic E-state index is 12.5. The van der Waals surface area contributed by atoms with Crippen LogP contribution in [0.5, 0.6) is 0 Å². The van der Waals surface area contributed by atoms with Gasteiger partial charge in [-0.25, -0.2) is 4.68 Å². The van der Waals surface area contributed by atoms with Crippen LogP contribution in [0, 0.1) is 17.8 Å². The second-order valence-corrected chi connectivity index (χ2v) is 7.53. The van der Waals surface area contributed by atoms with Gasteiger partial charge in [0.15, 0.2) is 5.82 Å². The molecule has 1 heterocycles. The minimum atomic E-state index is 0.192. The van der Waals surface area contributed by atoms with E-state index in [4.69, 9.17) is 0 Å². The zero-order chi connectivity index (χ0) is 16.1. The molecule has 0 saturated heterocycles. The van der Waals surface area contributed by atoms with Crippen molar-refractivity contribution in [2.75, 3.05) is 5.32 Å². The van der Waals surface area contributed by atoms with Crippen molar-refractivity contribution in [3.63, 3.8) is 0 Å². The molecule has 3 fully saturated rings. The molecule has 1 N–H and O–H groups in total. The zero-order valence-corrected chi connectivity index (χ0v) is 13.6. The number of rotatable bonds is 4. The van der Waals surface area contributed by atoms with Crippen molar-refractivity contribution in [3.8, 4) is 11.4 Å². The Kier molecular flexibility index (Phi) is 3.18. The molecule has 3 aliphatic carbocycles. The fourth-order valence-corrected chi connectivity index (χ4v) is 4.45. The van der Waals surface area contributed by atoms with Crippen LogP contribution < -0.4 is 5.32 Å². The van der Waals surface area contributed by atoms with Crippen molar-refractivity contribution < 1.29 is 4.79 Å². The SMILES string of the molecule is O=C(Nc1ccc(-c2nnnn2C2CC2)cc1)C1CC2CCC1C2. The summed E-state index contributed by atoms with van der Waals surface area (Å²) in [7, 11) is 0. The van der Waals surface area contributed by atoms with E-state index in [0.29, 0.717) is 12.0 Å². The molecule has 6 heteroatoms. The summed E-state index contributed by atoms with van der Waals surface area (Å²) in [4.78, 5) is 12.5. The molecule has 3 aliphatic rings. The summed E-state index contributed by atoms with van der Waals surface area (Å²) in [6.45, 7) is 0. The Bertz CT molecular complexity index is 764. The fraction of sp³-hybridized carbons (Fsp3) is 0.556. The molecular formula is C18H21N5O. The van der Waals surface area contributed by atoms with Gasteiger partial charge in [0.25, 0.3) is 0 Å². The normalized spacial score (nSPS) is 28.2. The average molecular weight is 323 g/mol. The van der Waals surface area contributed by atoms with Gasteiger partial charge in [0.05, 0.1) is 6.04 Å². The first kappa shape index (κ1) is 14.1. The predicted octanol–water partition coefficient (Wildman–Crippen LogP) is 3.05. The zero-order valence-electron chi connectivity index (χ0n) is 13.6. The molecule has 1 amide bonds. The maximum absolute atomic E-state index is 12.5. The number of benzene rings is 1. The molecule has 6 nitrogen and oxygen atoms in total. The van der Waals surface area contributed by atoms with Crippen molar-refractivity contribution in [2.24, 2.45) is 17.8 Å². The fourth-order valence-electron chi connectivity index (χ4n) is 4.45. The molecule has 1 aromatic heterocycles. The molecule has 1 aromatic carbocycles. The van der Waals surface area contributed by atoms with E-state index in [1.807, 2.05) is 28.9 Å². The quantitative estimate of drug-likeness (QED) is 0.938. The van der Waals surface area contributed by atoms with E-state index in [2.05, 4.69) is 20.8 Å². The lowest BCUT2D eigenvalue weighted by Crippen LogP contribution is -2.27. The number of nitrogens with one attached hydrogen (secondary N) is 1. The second-order valence-electron chi connectivity index (χ2n) is 7.53. The van der Waals surface area contributed by atoms with Gasteiger partial charge in [0, 0.05) is 17.2 Å². The van der Waals surface area contributed by atoms with Crippen LogP contribution in [-0.4, -0.2) is 26.1 Å². The van der Waals surface area contributed by atoms with E-state index in [1.54, 1.807) is 0 Å². The van der Waals surface area contributed by atoms with Gasteiger partial charge < -0.3 is 5.32 Å². The average Bonchev–Trinajstić information content (AvgIpc) is 3.02. The van der Waals surface area contributed by atoms with E-state index in [0.717, 1.165) is 42.3 Å². The molecule has 3 unspecified atom stereocenters. The van der Waals surface area contributed by atoms with E-state index >= 15 is 0 Å². The van der Waals surface area contributed by atoms with Crippen LogP contribution in [0.1, 0.15) is 44.6 Å². The van der Waals surface area contributed by atoms with Gasteiger partial charge >= 0.3 is 0 Å². The van der Waals surface area contributed by atoms with Crippen LogP contribution in [0.3, 0.4) is 0 Å². The molecule has 2 aromatic rings. The number of carbonyl (C=O) groups is 1. The van der Waals surface area contributed by atoms with Crippen LogP contribution >= 0.6 is 0 Å². The third-order valence-corrected chi connectivity index (χ3v) is 5.87. The summed E-state index contributed by atoms with van der Waals surface area (Å²) in [6, 6.07) is 8.33. The molecule has 0 spiro atoms. The van der Waals surface area contributed by atoms with Gasteiger partial charge in [-0.1, -0.05) is 6.42 Å². The van der Waals surface area contributed by atoms with Gasteiger partial charge in [-0.2, -0.15) is 0 Å². The molecule has 124 valence electrons. The van der Waals surface area contributed by atoms with Crippen LogP contribution in [-0.2, 0) is 4.79 Å². The summed E-state index contributed by atoms with van der Waals surface area (Å²) in [5.74, 6) is 2.61. The van der Waals surface area contributed by atoms with Crippen molar-refractivity contribution in [1.82, 2.24) is 20.2 Å². The molecule has 0 radical (unpaired) electrons. The summed E-state index contributed by atoms with van der Waals surface area (Å²) in [5.41, 5.74) is 1.85. The predicted molar refractivity (Wildman–Crippen MR) is 89.1 cm³/mol. The molecule has 3 atom stereocenters. The van der Waals surface area contributed by atoms with Gasteiger partial charge in [0.2, 0.25) is 5.91 Å². The van der Waals surface area contributed by atoms with Crippen LogP contribution in [0.25, 0.3) is 11.4 Å². The molecule has 5 rings (SSSR count). The summed E-state index contributed by atoms with van der Waals surface area (Å²) < 4.78 is 1.91. The lowest BCUT2D eigenvalue weighted by atomic mass is 9.88. The van der Waals surface area contributed by atoms with Crippen LogP contribution in [0.15, 0.2) is 24.3 Å². The standard InChI is InChI=1S/C18H21N5O/c24-18(16-10-11-1-2-13(16)9-11)19-14-5-3-12(4-6-14)17-20-21-22-23(17)15-7-8-15/h3-6,11,13,15-16H,1-2,7-10H2,(H,19,24). The highest BCUT2D eigenvalue weighted by atomic mass is 16.1. The minimum Gasteiger partial charge on any atom is -0.326 e. The lowest BCUT2D eigenvalue weighted by Gasteiger charge is -2.20. The van der Waals surface area contributed by atoms with E-state index in [9.17, 15) is 4.79 Å². The second kappa shape index (κ2) is 5.40. The number of amides is 1. The maximum Gasteiger partial charge on any atom is 0.227 e. The Labute approximate surface area is 140 Å². The number of hydrogen-bond acceptors (Lipinski definition) is 4. The molecule has 0 aliphatic heterocycles. The number of hydrogen-bond donors (Lipinski definition) is 1. The van der Waals surface area contributed by atoms with Crippen molar-refractivity contribution in [1.29, 1.82) is 0 Å². The third kappa shape index (κ3) is 2.41. The van der Waals surface area contributed by atoms with E-state index < -0.39 is 0 Å². The highest BCUT2D eigenvalue weighted by Gasteiger charge is 2.43. The van der Waals surface area contributed by atoms with Crippen LogP contribution in [0.2, 0.25) is 0 Å². The molecular weight excluding hydrogens is 302 g/mol. The Hall–Kier alpha value is -2.24. The highest BCUT2D eigenvalue weighted by Crippen LogP contribution is 2.48. The summed E-state index contributed by atoms with van der Waals surface area (Å²) in [5, 5.41) is 15.1. The number of tetrazole rings is 1. The Morgan fingerprint density at radius 1 is 1.08 bits per heavy atom. The number of carbonyl (C=O) groups excluding carboxylic acids is 1. The van der Waals surface area contributed by atoms with Crippen molar-refractivity contribution in [2.45, 2.75) is 44.6 Å². The van der Waals surface area contributed by atoms with Gasteiger partial charge in [-0.15, -0.1) is 5.10 Å². The largest absolute Gasteiger partial charge is 0.326 e. The van der Waals surface area contributed by atoms with Crippen molar-refractivity contribution >= 4 is 11.6 Å². The smallest absolute Gasteiger partial charge is 0.227 e. The third-order valence-electron chi connectivity index (χ3n) is 5.87. The Morgan fingerprint density at radius 2 is 1.92 bits per heavy atom. The molecule has 2 bridgehead atoms. The van der Waals surface area contributed by atoms with Crippen molar-refractivity contribution in [3.05, 3.63) is 24.3 Å².